The third-order valence-electron chi connectivity index (χ3n) is 2.43. The van der Waals surface area contributed by atoms with Crippen molar-refractivity contribution in [2.75, 3.05) is 5.32 Å². The third kappa shape index (κ3) is 2.85. The van der Waals surface area contributed by atoms with Gasteiger partial charge >= 0.3 is 0 Å². The Bertz CT molecular complexity index is 600. The van der Waals surface area contributed by atoms with Gasteiger partial charge in [0.15, 0.2) is 5.82 Å². The maximum Gasteiger partial charge on any atom is 0.257 e. The van der Waals surface area contributed by atoms with E-state index in [1.165, 1.54) is 18.3 Å². The number of pyridine rings is 1. The maximum atomic E-state index is 11.8. The minimum absolute atomic E-state index is 0.304. The number of aryl methyl sites for hydroxylation is 1. The fourth-order valence-corrected chi connectivity index (χ4v) is 1.60. The zero-order valence-corrected chi connectivity index (χ0v) is 9.99. The Hall–Kier alpha value is -2.37. The lowest BCUT2D eigenvalue weighted by molar-refractivity contribution is 0.102. The van der Waals surface area contributed by atoms with Gasteiger partial charge in [0.05, 0.1) is 0 Å². The molecule has 0 atom stereocenters. The minimum atomic E-state index is -0.351. The molecule has 0 unspecified atom stereocenters. The van der Waals surface area contributed by atoms with Crippen LogP contribution in [0.4, 0.5) is 5.82 Å². The number of hydrogen-bond acceptors (Lipinski definition) is 3. The average Bonchev–Trinajstić information content (AvgIpc) is 2.77. The van der Waals surface area contributed by atoms with Crippen LogP contribution in [0.15, 0.2) is 29.2 Å². The van der Waals surface area contributed by atoms with Gasteiger partial charge in [0, 0.05) is 29.6 Å². The molecule has 0 spiro atoms. The van der Waals surface area contributed by atoms with Gasteiger partial charge in [-0.2, -0.15) is 5.10 Å². The molecule has 2 aromatic rings. The molecular weight excluding hydrogens is 232 g/mol. The molecule has 94 valence electrons. The van der Waals surface area contributed by atoms with E-state index in [0.29, 0.717) is 11.4 Å². The Morgan fingerprint density at radius 3 is 3.00 bits per heavy atom. The summed E-state index contributed by atoms with van der Waals surface area (Å²) in [4.78, 5) is 25.3. The van der Waals surface area contributed by atoms with Gasteiger partial charge in [-0.25, -0.2) is 0 Å². The van der Waals surface area contributed by atoms with E-state index < -0.39 is 0 Å². The highest BCUT2D eigenvalue weighted by Crippen LogP contribution is 2.08. The van der Waals surface area contributed by atoms with Crippen molar-refractivity contribution in [2.24, 2.45) is 0 Å². The molecule has 1 amide bonds. The molecular formula is C12H14N4O2. The van der Waals surface area contributed by atoms with Gasteiger partial charge in [0.1, 0.15) is 0 Å². The van der Waals surface area contributed by atoms with Crippen molar-refractivity contribution in [2.45, 2.75) is 19.8 Å². The summed E-state index contributed by atoms with van der Waals surface area (Å²) in [5, 5.41) is 9.45. The number of H-pyrrole nitrogens is 2. The van der Waals surface area contributed by atoms with E-state index in [9.17, 15) is 9.59 Å². The summed E-state index contributed by atoms with van der Waals surface area (Å²) in [6.45, 7) is 2.06. The van der Waals surface area contributed by atoms with Crippen LogP contribution < -0.4 is 10.9 Å². The summed E-state index contributed by atoms with van der Waals surface area (Å²) in [6.07, 6.45) is 3.32. The number of aromatic amines is 2. The van der Waals surface area contributed by atoms with Crippen LogP contribution in [-0.4, -0.2) is 21.1 Å². The van der Waals surface area contributed by atoms with Crippen LogP contribution in [0.25, 0.3) is 0 Å². The first-order chi connectivity index (χ1) is 8.69. The van der Waals surface area contributed by atoms with Gasteiger partial charge in [-0.3, -0.25) is 14.7 Å². The smallest absolute Gasteiger partial charge is 0.257 e. The van der Waals surface area contributed by atoms with E-state index in [-0.39, 0.29) is 11.5 Å². The molecule has 0 bridgehead atoms. The van der Waals surface area contributed by atoms with E-state index in [2.05, 4.69) is 27.4 Å². The molecule has 2 aromatic heterocycles. The number of nitrogens with one attached hydrogen (secondary N) is 3. The molecule has 0 fully saturated rings. The van der Waals surface area contributed by atoms with E-state index in [1.807, 2.05) is 0 Å². The number of rotatable bonds is 4. The molecule has 18 heavy (non-hydrogen) atoms. The van der Waals surface area contributed by atoms with Crippen molar-refractivity contribution in [3.63, 3.8) is 0 Å². The van der Waals surface area contributed by atoms with Gasteiger partial charge < -0.3 is 10.3 Å². The predicted molar refractivity (Wildman–Crippen MR) is 67.6 cm³/mol. The maximum absolute atomic E-state index is 11.8. The van der Waals surface area contributed by atoms with E-state index in [1.54, 1.807) is 6.07 Å². The summed E-state index contributed by atoms with van der Waals surface area (Å²) >= 11 is 0. The fraction of sp³-hybridized carbons (Fsp3) is 0.250. The molecule has 3 N–H and O–H groups in total. The standard InChI is InChI=1S/C12H14N4O2/c1-2-3-9-7-10(16-15-9)14-12(18)8-4-5-13-11(17)6-8/h4-7H,2-3H2,1H3,(H,13,17)(H2,14,15,16,18). The topological polar surface area (TPSA) is 90.6 Å². The van der Waals surface area contributed by atoms with Crippen molar-refractivity contribution in [1.82, 2.24) is 15.2 Å². The number of carbonyl (C=O) groups is 1. The van der Waals surface area contributed by atoms with E-state index in [0.717, 1.165) is 18.5 Å². The van der Waals surface area contributed by atoms with Crippen molar-refractivity contribution >= 4 is 11.7 Å². The van der Waals surface area contributed by atoms with Crippen LogP contribution in [0.5, 0.6) is 0 Å². The summed E-state index contributed by atoms with van der Waals surface area (Å²) in [6, 6.07) is 4.57. The highest BCUT2D eigenvalue weighted by Gasteiger charge is 2.08. The average molecular weight is 246 g/mol. The molecule has 0 aliphatic rings. The normalized spacial score (nSPS) is 10.3. The first-order valence-corrected chi connectivity index (χ1v) is 5.73. The van der Waals surface area contributed by atoms with Gasteiger partial charge in [0.25, 0.3) is 5.91 Å². The molecule has 0 saturated carbocycles. The van der Waals surface area contributed by atoms with Crippen LogP contribution >= 0.6 is 0 Å². The molecule has 6 nitrogen and oxygen atoms in total. The first-order valence-electron chi connectivity index (χ1n) is 5.73. The molecule has 6 heteroatoms. The molecule has 0 saturated heterocycles. The van der Waals surface area contributed by atoms with Crippen LogP contribution in [0.3, 0.4) is 0 Å². The summed E-state index contributed by atoms with van der Waals surface area (Å²) in [7, 11) is 0. The van der Waals surface area contributed by atoms with E-state index >= 15 is 0 Å². The second-order valence-electron chi connectivity index (χ2n) is 3.92. The monoisotopic (exact) mass is 246 g/mol. The number of hydrogen-bond donors (Lipinski definition) is 3. The van der Waals surface area contributed by atoms with Crippen molar-refractivity contribution in [3.8, 4) is 0 Å². The van der Waals surface area contributed by atoms with Crippen molar-refractivity contribution in [1.29, 1.82) is 0 Å². The van der Waals surface area contributed by atoms with Gasteiger partial charge in [-0.05, 0) is 12.5 Å². The lowest BCUT2D eigenvalue weighted by Gasteiger charge is -2.00. The van der Waals surface area contributed by atoms with Gasteiger partial charge in [-0.15, -0.1) is 0 Å². The molecule has 0 aromatic carbocycles. The summed E-state index contributed by atoms with van der Waals surface area (Å²) < 4.78 is 0. The Labute approximate surface area is 103 Å². The molecule has 2 heterocycles. The second kappa shape index (κ2) is 5.31. The van der Waals surface area contributed by atoms with Crippen LogP contribution in [0.2, 0.25) is 0 Å². The molecule has 0 aliphatic carbocycles. The SMILES string of the molecule is CCCc1cc(NC(=O)c2cc[nH]c(=O)c2)n[nH]1. The van der Waals surface area contributed by atoms with Crippen LogP contribution in [0, 0.1) is 0 Å². The third-order valence-corrected chi connectivity index (χ3v) is 2.43. The molecule has 0 aliphatic heterocycles. The fourth-order valence-electron chi connectivity index (χ4n) is 1.60. The summed E-state index contributed by atoms with van der Waals surface area (Å²) in [5.41, 5.74) is 0.967. The first kappa shape index (κ1) is 12.1. The molecule has 0 radical (unpaired) electrons. The Balaban J connectivity index is 2.08. The number of aromatic nitrogens is 3. The lowest BCUT2D eigenvalue weighted by atomic mass is 10.2. The van der Waals surface area contributed by atoms with Gasteiger partial charge in [0.2, 0.25) is 5.56 Å². The number of amides is 1. The largest absolute Gasteiger partial charge is 0.329 e. The van der Waals surface area contributed by atoms with Crippen molar-refractivity contribution in [3.05, 3.63) is 46.0 Å². The quantitative estimate of drug-likeness (QED) is 0.759. The highest BCUT2D eigenvalue weighted by molar-refractivity contribution is 6.03. The Morgan fingerprint density at radius 1 is 1.44 bits per heavy atom. The van der Waals surface area contributed by atoms with Gasteiger partial charge in [-0.1, -0.05) is 13.3 Å². The Morgan fingerprint density at radius 2 is 2.28 bits per heavy atom. The van der Waals surface area contributed by atoms with Crippen molar-refractivity contribution < 1.29 is 4.79 Å². The molecule has 2 rings (SSSR count). The second-order valence-corrected chi connectivity index (χ2v) is 3.92. The zero-order valence-electron chi connectivity index (χ0n) is 9.99. The number of carbonyl (C=O) groups excluding carboxylic acids is 1. The zero-order chi connectivity index (χ0) is 13.0. The predicted octanol–water partition coefficient (Wildman–Crippen LogP) is 1.30. The number of nitrogens with zero attached hydrogens (tertiary/aromatic N) is 1. The van der Waals surface area contributed by atoms with Crippen LogP contribution in [0.1, 0.15) is 29.4 Å². The van der Waals surface area contributed by atoms with E-state index in [4.69, 9.17) is 0 Å². The highest BCUT2D eigenvalue weighted by atomic mass is 16.2. The van der Waals surface area contributed by atoms with Crippen LogP contribution in [-0.2, 0) is 6.42 Å². The minimum Gasteiger partial charge on any atom is -0.329 e. The number of anilines is 1. The summed E-state index contributed by atoms with van der Waals surface area (Å²) in [5.74, 6) is 0.111. The lowest BCUT2D eigenvalue weighted by Crippen LogP contribution is -2.15. The Kier molecular flexibility index (Phi) is 3.57.